The van der Waals surface area contributed by atoms with Crippen LogP contribution in [0.1, 0.15) is 18.4 Å². The van der Waals surface area contributed by atoms with Gasteiger partial charge in [-0.05, 0) is 48.4 Å². The molecule has 2 aliphatic rings. The zero-order chi connectivity index (χ0) is 20.3. The molecule has 0 aliphatic carbocycles. The van der Waals surface area contributed by atoms with Crippen LogP contribution < -0.4 is 4.74 Å². The minimum Gasteiger partial charge on any atom is -0.465 e. The number of alkyl halides is 3. The Kier molecular flexibility index (Phi) is 5.81. The van der Waals surface area contributed by atoms with Gasteiger partial charge in [0.15, 0.2) is 0 Å². The van der Waals surface area contributed by atoms with Crippen molar-refractivity contribution in [2.75, 3.05) is 26.2 Å². The van der Waals surface area contributed by atoms with Gasteiger partial charge >= 0.3 is 12.5 Å². The number of fused-ring (bicyclic) bond motifs is 1. The van der Waals surface area contributed by atoms with Crippen molar-refractivity contribution < 1.29 is 32.6 Å². The first-order valence-corrected chi connectivity index (χ1v) is 9.02. The van der Waals surface area contributed by atoms with Crippen LogP contribution in [0.5, 0.6) is 5.75 Å². The first-order chi connectivity index (χ1) is 13.2. The Morgan fingerprint density at radius 1 is 1.11 bits per heavy atom. The second kappa shape index (κ2) is 8.12. The average molecular weight is 398 g/mol. The summed E-state index contributed by atoms with van der Waals surface area (Å²) < 4.78 is 40.8. The van der Waals surface area contributed by atoms with E-state index in [9.17, 15) is 22.8 Å². The van der Waals surface area contributed by atoms with Gasteiger partial charge in [-0.1, -0.05) is 12.1 Å². The largest absolute Gasteiger partial charge is 0.573 e. The number of benzene rings is 1. The topological polar surface area (TPSA) is 70.1 Å². The van der Waals surface area contributed by atoms with Gasteiger partial charge in [0.25, 0.3) is 0 Å². The van der Waals surface area contributed by atoms with Crippen LogP contribution in [-0.2, 0) is 4.79 Å². The monoisotopic (exact) mass is 398 g/mol. The molecule has 2 atom stereocenters. The van der Waals surface area contributed by atoms with Crippen molar-refractivity contribution in [2.45, 2.75) is 19.2 Å². The lowest BCUT2D eigenvalue weighted by molar-refractivity contribution is -0.274. The van der Waals surface area contributed by atoms with E-state index in [1.54, 1.807) is 11.0 Å². The summed E-state index contributed by atoms with van der Waals surface area (Å²) in [6.07, 6.45) is -1.38. The molecule has 2 aliphatic heterocycles. The minimum atomic E-state index is -4.77. The van der Waals surface area contributed by atoms with Gasteiger partial charge in [-0.3, -0.25) is 4.79 Å². The van der Waals surface area contributed by atoms with Crippen molar-refractivity contribution in [3.8, 4) is 5.75 Å². The molecule has 152 valence electrons. The lowest BCUT2D eigenvalue weighted by Crippen LogP contribution is -2.32. The van der Waals surface area contributed by atoms with Crippen molar-refractivity contribution in [3.05, 3.63) is 35.9 Å². The molecule has 0 unspecified atom stereocenters. The summed E-state index contributed by atoms with van der Waals surface area (Å²) in [4.78, 5) is 26.7. The number of carboxylic acid groups (broad SMARTS) is 1. The zero-order valence-electron chi connectivity index (χ0n) is 15.1. The fourth-order valence-electron chi connectivity index (χ4n) is 3.81. The van der Waals surface area contributed by atoms with Crippen molar-refractivity contribution in [3.63, 3.8) is 0 Å². The lowest BCUT2D eigenvalue weighted by atomic mass is 9.92. The van der Waals surface area contributed by atoms with E-state index in [0.29, 0.717) is 31.7 Å². The van der Waals surface area contributed by atoms with Crippen LogP contribution in [0.2, 0.25) is 0 Å². The number of halogens is 3. The van der Waals surface area contributed by atoms with Gasteiger partial charge in [0.05, 0.1) is 0 Å². The predicted octanol–water partition coefficient (Wildman–Crippen LogP) is 3.45. The van der Waals surface area contributed by atoms with E-state index in [1.165, 1.54) is 35.3 Å². The molecular weight excluding hydrogens is 377 g/mol. The molecule has 0 aromatic heterocycles. The number of amides is 2. The first kappa shape index (κ1) is 20.0. The number of nitrogens with zero attached hydrogens (tertiary/aromatic N) is 2. The van der Waals surface area contributed by atoms with Gasteiger partial charge in [-0.25, -0.2) is 4.79 Å². The Balaban J connectivity index is 1.57. The molecule has 1 N–H and O–H groups in total. The van der Waals surface area contributed by atoms with Crippen molar-refractivity contribution >= 4 is 18.1 Å². The third kappa shape index (κ3) is 5.17. The summed E-state index contributed by atoms with van der Waals surface area (Å²) in [5.41, 5.74) is 0.430. The summed E-state index contributed by atoms with van der Waals surface area (Å²) in [5, 5.41) is 9.11. The Morgan fingerprint density at radius 2 is 1.75 bits per heavy atom. The lowest BCUT2D eigenvalue weighted by Gasteiger charge is -2.20. The first-order valence-electron chi connectivity index (χ1n) is 9.02. The molecule has 2 fully saturated rings. The smallest absolute Gasteiger partial charge is 0.465 e. The highest BCUT2D eigenvalue weighted by Crippen LogP contribution is 2.32. The summed E-state index contributed by atoms with van der Waals surface area (Å²) >= 11 is 0. The third-order valence-electron chi connectivity index (χ3n) is 5.21. The second-order valence-electron chi connectivity index (χ2n) is 7.06. The Hall–Kier alpha value is -2.71. The van der Waals surface area contributed by atoms with Gasteiger partial charge in [0.1, 0.15) is 5.75 Å². The molecule has 0 radical (unpaired) electrons. The maximum absolute atomic E-state index is 12.5. The number of carbonyl (C=O) groups is 2. The van der Waals surface area contributed by atoms with Crippen molar-refractivity contribution in [1.82, 2.24) is 9.80 Å². The Labute approximate surface area is 160 Å². The second-order valence-corrected chi connectivity index (χ2v) is 7.06. The van der Waals surface area contributed by atoms with Crippen LogP contribution >= 0.6 is 0 Å². The highest BCUT2D eigenvalue weighted by atomic mass is 19.4. The number of ether oxygens (including phenoxy) is 1. The van der Waals surface area contributed by atoms with Gasteiger partial charge in [0.2, 0.25) is 5.91 Å². The van der Waals surface area contributed by atoms with Crippen LogP contribution in [0, 0.1) is 11.8 Å². The quantitative estimate of drug-likeness (QED) is 0.792. The van der Waals surface area contributed by atoms with E-state index < -0.39 is 12.5 Å². The molecule has 3 rings (SSSR count). The molecule has 0 saturated carbocycles. The van der Waals surface area contributed by atoms with Crippen molar-refractivity contribution in [2.24, 2.45) is 11.8 Å². The number of rotatable bonds is 3. The van der Waals surface area contributed by atoms with Gasteiger partial charge < -0.3 is 19.6 Å². The van der Waals surface area contributed by atoms with E-state index in [2.05, 4.69) is 4.74 Å². The number of carbonyl (C=O) groups excluding carboxylic acids is 1. The number of hydrogen-bond donors (Lipinski definition) is 1. The zero-order valence-corrected chi connectivity index (χ0v) is 15.1. The van der Waals surface area contributed by atoms with Gasteiger partial charge in [-0.15, -0.1) is 13.2 Å². The van der Waals surface area contributed by atoms with E-state index in [4.69, 9.17) is 5.11 Å². The molecule has 28 heavy (non-hydrogen) atoms. The molecule has 1 aromatic rings. The predicted molar refractivity (Wildman–Crippen MR) is 94.6 cm³/mol. The SMILES string of the molecule is O=C(O)N1C[C@H]2CCN(C(=O)C=Cc3cccc(OC(F)(F)F)c3)CC[C@H]2C1. The van der Waals surface area contributed by atoms with Gasteiger partial charge in [0, 0.05) is 32.3 Å². The van der Waals surface area contributed by atoms with Crippen LogP contribution in [0.15, 0.2) is 30.3 Å². The third-order valence-corrected chi connectivity index (χ3v) is 5.21. The number of hydrogen-bond acceptors (Lipinski definition) is 3. The fraction of sp³-hybridized carbons (Fsp3) is 0.474. The molecule has 2 saturated heterocycles. The summed E-state index contributed by atoms with van der Waals surface area (Å²) in [6, 6.07) is 5.41. The van der Waals surface area contributed by atoms with Crippen LogP contribution in [0.4, 0.5) is 18.0 Å². The molecule has 2 heterocycles. The maximum atomic E-state index is 12.5. The van der Waals surface area contributed by atoms with Crippen LogP contribution in [-0.4, -0.2) is 59.4 Å². The van der Waals surface area contributed by atoms with E-state index in [-0.39, 0.29) is 23.5 Å². The highest BCUT2D eigenvalue weighted by molar-refractivity contribution is 5.91. The summed E-state index contributed by atoms with van der Waals surface area (Å²) in [6.45, 7) is 2.08. The van der Waals surface area contributed by atoms with E-state index in [0.717, 1.165) is 12.8 Å². The molecular formula is C19H21F3N2O4. The van der Waals surface area contributed by atoms with Gasteiger partial charge in [-0.2, -0.15) is 0 Å². The summed E-state index contributed by atoms with van der Waals surface area (Å²) in [7, 11) is 0. The Bertz CT molecular complexity index is 750. The normalized spacial score (nSPS) is 22.8. The fourth-order valence-corrected chi connectivity index (χ4v) is 3.81. The summed E-state index contributed by atoms with van der Waals surface area (Å²) in [5.74, 6) is -0.0342. The maximum Gasteiger partial charge on any atom is 0.573 e. The molecule has 6 nitrogen and oxygen atoms in total. The molecule has 9 heteroatoms. The number of likely N-dealkylation sites (tertiary alicyclic amines) is 2. The average Bonchev–Trinajstić information content (AvgIpc) is 2.92. The molecule has 0 spiro atoms. The van der Waals surface area contributed by atoms with E-state index >= 15 is 0 Å². The molecule has 2 amide bonds. The Morgan fingerprint density at radius 3 is 2.32 bits per heavy atom. The highest BCUT2D eigenvalue weighted by Gasteiger charge is 2.37. The van der Waals surface area contributed by atoms with Crippen molar-refractivity contribution in [1.29, 1.82) is 0 Å². The standard InChI is InChI=1S/C19H21F3N2O4/c20-19(21,22)28-16-3-1-2-13(10-16)4-5-17(25)23-8-6-14-11-24(18(26)27)12-15(14)7-9-23/h1-5,10,14-15H,6-9,11-12H2,(H,26,27)/t14-,15+. The molecule has 0 bridgehead atoms. The minimum absolute atomic E-state index is 0.211. The van der Waals surface area contributed by atoms with Crippen LogP contribution in [0.25, 0.3) is 6.08 Å². The molecule has 1 aromatic carbocycles. The van der Waals surface area contributed by atoms with E-state index in [1.807, 2.05) is 0 Å². The van der Waals surface area contributed by atoms with Crippen LogP contribution in [0.3, 0.4) is 0 Å².